The van der Waals surface area contributed by atoms with Crippen LogP contribution in [0.25, 0.3) is 0 Å². The first kappa shape index (κ1) is 16.6. The summed E-state index contributed by atoms with van der Waals surface area (Å²) in [5.74, 6) is -0.0322. The number of carbonyl (C=O) groups is 1. The standard InChI is InChI=1S/C19H23N3O2/c1-15-5-2-3-7-17(15)19(23)21-14-18(16-6-4-8-20-13-16)22-9-11-24-12-10-22/h2-8,13,18H,9-12,14H2,1H3,(H,21,23). The molecule has 24 heavy (non-hydrogen) atoms. The molecule has 3 rings (SSSR count). The van der Waals surface area contributed by atoms with Crippen LogP contribution < -0.4 is 5.32 Å². The minimum Gasteiger partial charge on any atom is -0.379 e. The molecule has 1 aliphatic heterocycles. The van der Waals surface area contributed by atoms with Gasteiger partial charge < -0.3 is 10.1 Å². The van der Waals surface area contributed by atoms with Crippen molar-refractivity contribution >= 4 is 5.91 Å². The Balaban J connectivity index is 1.72. The normalized spacial score (nSPS) is 16.5. The first-order chi connectivity index (χ1) is 11.8. The van der Waals surface area contributed by atoms with E-state index in [-0.39, 0.29) is 11.9 Å². The Morgan fingerprint density at radius 3 is 2.75 bits per heavy atom. The second-order valence-corrected chi connectivity index (χ2v) is 5.98. The van der Waals surface area contributed by atoms with Gasteiger partial charge in [0.15, 0.2) is 0 Å². The van der Waals surface area contributed by atoms with Gasteiger partial charge in [0.1, 0.15) is 0 Å². The van der Waals surface area contributed by atoms with Crippen molar-refractivity contribution < 1.29 is 9.53 Å². The van der Waals surface area contributed by atoms with Crippen molar-refractivity contribution in [1.82, 2.24) is 15.2 Å². The average molecular weight is 325 g/mol. The van der Waals surface area contributed by atoms with E-state index in [4.69, 9.17) is 4.74 Å². The summed E-state index contributed by atoms with van der Waals surface area (Å²) >= 11 is 0. The number of rotatable bonds is 5. The Kier molecular flexibility index (Phi) is 5.56. The van der Waals surface area contributed by atoms with Crippen LogP contribution in [0.2, 0.25) is 0 Å². The van der Waals surface area contributed by atoms with Crippen LogP contribution in [0.1, 0.15) is 27.5 Å². The summed E-state index contributed by atoms with van der Waals surface area (Å²) in [7, 11) is 0. The molecule has 1 amide bonds. The smallest absolute Gasteiger partial charge is 0.251 e. The maximum Gasteiger partial charge on any atom is 0.251 e. The van der Waals surface area contributed by atoms with E-state index >= 15 is 0 Å². The number of hydrogen-bond donors (Lipinski definition) is 1. The van der Waals surface area contributed by atoms with Crippen LogP contribution >= 0.6 is 0 Å². The van der Waals surface area contributed by atoms with Gasteiger partial charge in [-0.3, -0.25) is 14.7 Å². The molecular weight excluding hydrogens is 302 g/mol. The fraction of sp³-hybridized carbons (Fsp3) is 0.368. The largest absolute Gasteiger partial charge is 0.379 e. The Hall–Kier alpha value is -2.24. The third-order valence-electron chi connectivity index (χ3n) is 4.40. The third-order valence-corrected chi connectivity index (χ3v) is 4.40. The average Bonchev–Trinajstić information content (AvgIpc) is 2.64. The molecular formula is C19H23N3O2. The summed E-state index contributed by atoms with van der Waals surface area (Å²) < 4.78 is 5.45. The summed E-state index contributed by atoms with van der Waals surface area (Å²) in [5.41, 5.74) is 2.83. The summed E-state index contributed by atoms with van der Waals surface area (Å²) in [6.07, 6.45) is 3.64. The van der Waals surface area contributed by atoms with Crippen molar-refractivity contribution in [3.05, 3.63) is 65.5 Å². The molecule has 1 aliphatic rings. The van der Waals surface area contributed by atoms with Crippen molar-refractivity contribution in [3.63, 3.8) is 0 Å². The third kappa shape index (κ3) is 3.99. The molecule has 1 atom stereocenters. The van der Waals surface area contributed by atoms with Crippen LogP contribution in [0.15, 0.2) is 48.8 Å². The quantitative estimate of drug-likeness (QED) is 0.916. The second-order valence-electron chi connectivity index (χ2n) is 5.98. The molecule has 2 aromatic rings. The fourth-order valence-corrected chi connectivity index (χ4v) is 3.03. The van der Waals surface area contributed by atoms with Crippen LogP contribution in [-0.2, 0) is 4.74 Å². The van der Waals surface area contributed by atoms with Crippen molar-refractivity contribution in [2.75, 3.05) is 32.8 Å². The molecule has 1 saturated heterocycles. The second kappa shape index (κ2) is 8.04. The van der Waals surface area contributed by atoms with E-state index in [1.807, 2.05) is 43.5 Å². The number of pyridine rings is 1. The Morgan fingerprint density at radius 2 is 2.04 bits per heavy atom. The lowest BCUT2D eigenvalue weighted by atomic mass is 10.1. The van der Waals surface area contributed by atoms with Gasteiger partial charge in [-0.2, -0.15) is 0 Å². The van der Waals surface area contributed by atoms with Crippen LogP contribution in [-0.4, -0.2) is 48.6 Å². The van der Waals surface area contributed by atoms with Crippen molar-refractivity contribution in [1.29, 1.82) is 0 Å². The minimum absolute atomic E-state index is 0.0322. The number of nitrogens with one attached hydrogen (secondary N) is 1. The van der Waals surface area contributed by atoms with E-state index in [1.165, 1.54) is 0 Å². The van der Waals surface area contributed by atoms with E-state index in [9.17, 15) is 4.79 Å². The number of nitrogens with zero attached hydrogens (tertiary/aromatic N) is 2. The first-order valence-corrected chi connectivity index (χ1v) is 8.31. The number of ether oxygens (including phenoxy) is 1. The summed E-state index contributed by atoms with van der Waals surface area (Å²) in [4.78, 5) is 19.1. The predicted molar refractivity (Wildman–Crippen MR) is 92.9 cm³/mol. The molecule has 5 heteroatoms. The topological polar surface area (TPSA) is 54.5 Å². The molecule has 0 saturated carbocycles. The van der Waals surface area contributed by atoms with E-state index in [0.29, 0.717) is 6.54 Å². The van der Waals surface area contributed by atoms with Gasteiger partial charge in [0.25, 0.3) is 5.91 Å². The number of morpholine rings is 1. The SMILES string of the molecule is Cc1ccccc1C(=O)NCC(c1cccnc1)N1CCOCC1. The number of amides is 1. The molecule has 0 bridgehead atoms. The van der Waals surface area contributed by atoms with Gasteiger partial charge in [-0.25, -0.2) is 0 Å². The molecule has 0 aliphatic carbocycles. The van der Waals surface area contributed by atoms with Gasteiger partial charge in [-0.1, -0.05) is 24.3 Å². The molecule has 2 heterocycles. The lowest BCUT2D eigenvalue weighted by molar-refractivity contribution is 0.0161. The van der Waals surface area contributed by atoms with E-state index in [2.05, 4.69) is 21.3 Å². The highest BCUT2D eigenvalue weighted by atomic mass is 16.5. The van der Waals surface area contributed by atoms with Gasteiger partial charge in [0, 0.05) is 37.6 Å². The van der Waals surface area contributed by atoms with E-state index in [0.717, 1.165) is 43.0 Å². The lowest BCUT2D eigenvalue weighted by Gasteiger charge is -2.34. The zero-order chi connectivity index (χ0) is 16.8. The highest BCUT2D eigenvalue weighted by Gasteiger charge is 2.23. The zero-order valence-electron chi connectivity index (χ0n) is 13.9. The molecule has 0 radical (unpaired) electrons. The number of hydrogen-bond acceptors (Lipinski definition) is 4. The number of benzene rings is 1. The summed E-state index contributed by atoms with van der Waals surface area (Å²) in [6.45, 7) is 5.68. The van der Waals surface area contributed by atoms with Crippen molar-refractivity contribution in [2.45, 2.75) is 13.0 Å². The predicted octanol–water partition coefficient (Wildman–Crippen LogP) is 2.19. The molecule has 0 spiro atoms. The Labute approximate surface area is 142 Å². The Bertz CT molecular complexity index is 669. The number of aryl methyl sites for hydroxylation is 1. The highest BCUT2D eigenvalue weighted by molar-refractivity contribution is 5.95. The molecule has 126 valence electrons. The van der Waals surface area contributed by atoms with Crippen LogP contribution in [0, 0.1) is 6.92 Å². The zero-order valence-corrected chi connectivity index (χ0v) is 13.9. The number of carbonyl (C=O) groups excluding carboxylic acids is 1. The molecule has 1 aromatic carbocycles. The Morgan fingerprint density at radius 1 is 1.25 bits per heavy atom. The maximum atomic E-state index is 12.5. The van der Waals surface area contributed by atoms with E-state index in [1.54, 1.807) is 6.20 Å². The van der Waals surface area contributed by atoms with Gasteiger partial charge in [-0.15, -0.1) is 0 Å². The maximum absolute atomic E-state index is 12.5. The molecule has 1 fully saturated rings. The molecule has 1 aromatic heterocycles. The van der Waals surface area contributed by atoms with Gasteiger partial charge >= 0.3 is 0 Å². The monoisotopic (exact) mass is 325 g/mol. The van der Waals surface area contributed by atoms with Crippen LogP contribution in [0.3, 0.4) is 0 Å². The molecule has 1 N–H and O–H groups in total. The first-order valence-electron chi connectivity index (χ1n) is 8.31. The summed E-state index contributed by atoms with van der Waals surface area (Å²) in [5, 5.41) is 3.09. The van der Waals surface area contributed by atoms with Crippen LogP contribution in [0.4, 0.5) is 0 Å². The van der Waals surface area contributed by atoms with Gasteiger partial charge in [0.05, 0.1) is 19.3 Å². The van der Waals surface area contributed by atoms with Gasteiger partial charge in [0.2, 0.25) is 0 Å². The molecule has 1 unspecified atom stereocenters. The highest BCUT2D eigenvalue weighted by Crippen LogP contribution is 2.20. The number of aromatic nitrogens is 1. The summed E-state index contributed by atoms with van der Waals surface area (Å²) in [6, 6.07) is 11.8. The molecule has 5 nitrogen and oxygen atoms in total. The van der Waals surface area contributed by atoms with Gasteiger partial charge in [-0.05, 0) is 30.2 Å². The van der Waals surface area contributed by atoms with Crippen molar-refractivity contribution in [3.8, 4) is 0 Å². The minimum atomic E-state index is -0.0322. The van der Waals surface area contributed by atoms with Crippen LogP contribution in [0.5, 0.6) is 0 Å². The van der Waals surface area contributed by atoms with Crippen molar-refractivity contribution in [2.24, 2.45) is 0 Å². The van der Waals surface area contributed by atoms with E-state index < -0.39 is 0 Å². The lowest BCUT2D eigenvalue weighted by Crippen LogP contribution is -2.43. The fourth-order valence-electron chi connectivity index (χ4n) is 3.03.